The van der Waals surface area contributed by atoms with E-state index >= 15 is 0 Å². The molecule has 0 aromatic rings. The van der Waals surface area contributed by atoms with E-state index in [9.17, 15) is 4.79 Å². The lowest BCUT2D eigenvalue weighted by Crippen LogP contribution is -2.19. The van der Waals surface area contributed by atoms with Gasteiger partial charge in [-0.1, -0.05) is 19.1 Å². The summed E-state index contributed by atoms with van der Waals surface area (Å²) in [5, 5.41) is 2.44. The summed E-state index contributed by atoms with van der Waals surface area (Å²) >= 11 is 0. The zero-order valence-electron chi connectivity index (χ0n) is 6.82. The molecule has 0 aromatic heterocycles. The number of hydrogen-bond acceptors (Lipinski definition) is 1. The van der Waals surface area contributed by atoms with Crippen LogP contribution in [-0.2, 0) is 4.79 Å². The number of carbonyl (C=O) groups excluding carboxylic acids is 1. The fourth-order valence-electron chi connectivity index (χ4n) is 0.514. The van der Waals surface area contributed by atoms with Gasteiger partial charge in [0.15, 0.2) is 0 Å². The van der Waals surface area contributed by atoms with Crippen LogP contribution < -0.4 is 5.32 Å². The molecule has 0 rings (SSSR count). The van der Waals surface area contributed by atoms with Gasteiger partial charge in [0.2, 0.25) is 0 Å². The van der Waals surface area contributed by atoms with Gasteiger partial charge in [0.1, 0.15) is 0 Å². The summed E-state index contributed by atoms with van der Waals surface area (Å²) < 4.78 is 0. The molecular weight excluding hydrogens is 138 g/mol. The number of rotatable bonds is 2. The molecule has 0 aromatic carbocycles. The Hall–Kier alpha value is -1.49. The average Bonchev–Trinajstić information content (AvgIpc) is 2.02. The predicted molar refractivity (Wildman–Crippen MR) is 45.8 cm³/mol. The van der Waals surface area contributed by atoms with Crippen molar-refractivity contribution in [3.63, 3.8) is 0 Å². The molecule has 1 amide bonds. The second kappa shape index (κ2) is 4.35. The highest BCUT2D eigenvalue weighted by Gasteiger charge is 2.04. The standard InChI is InChI=1S/C9H11NO/c1-5-6-7(2)8(3)9(11)10-4/h2-3H2,1,4H3,(H,10,11). The quantitative estimate of drug-likeness (QED) is 0.352. The average molecular weight is 149 g/mol. The first-order chi connectivity index (χ1) is 5.13. The molecule has 2 nitrogen and oxygen atoms in total. The SMILES string of the molecule is C=C(C#CC)C(=C)C(=O)NC. The molecule has 0 unspecified atom stereocenters. The van der Waals surface area contributed by atoms with Crippen LogP contribution in [0.5, 0.6) is 0 Å². The van der Waals surface area contributed by atoms with Gasteiger partial charge in [-0.05, 0) is 6.92 Å². The van der Waals surface area contributed by atoms with E-state index in [1.807, 2.05) is 0 Å². The Balaban J connectivity index is 4.34. The van der Waals surface area contributed by atoms with Crippen molar-refractivity contribution in [3.05, 3.63) is 24.3 Å². The lowest BCUT2D eigenvalue weighted by Gasteiger charge is -1.99. The molecule has 0 fully saturated rings. The maximum Gasteiger partial charge on any atom is 0.251 e. The van der Waals surface area contributed by atoms with Gasteiger partial charge in [-0.2, -0.15) is 0 Å². The molecule has 0 aliphatic rings. The van der Waals surface area contributed by atoms with Gasteiger partial charge >= 0.3 is 0 Å². The Morgan fingerprint density at radius 2 is 2.00 bits per heavy atom. The highest BCUT2D eigenvalue weighted by molar-refractivity contribution is 5.98. The van der Waals surface area contributed by atoms with Crippen LogP contribution in [0.3, 0.4) is 0 Å². The third-order valence-electron chi connectivity index (χ3n) is 1.14. The number of likely N-dealkylation sites (N-methyl/N-ethyl adjacent to an activating group) is 1. The van der Waals surface area contributed by atoms with Crippen LogP contribution in [-0.4, -0.2) is 13.0 Å². The molecule has 0 bridgehead atoms. The molecule has 0 saturated heterocycles. The number of carbonyl (C=O) groups is 1. The molecule has 1 N–H and O–H groups in total. The molecule has 58 valence electrons. The molecule has 0 atom stereocenters. The van der Waals surface area contributed by atoms with E-state index < -0.39 is 0 Å². The van der Waals surface area contributed by atoms with Crippen LogP contribution in [0.4, 0.5) is 0 Å². The minimum Gasteiger partial charge on any atom is -0.355 e. The van der Waals surface area contributed by atoms with Crippen LogP contribution in [0.25, 0.3) is 0 Å². The summed E-state index contributed by atoms with van der Waals surface area (Å²) in [6.07, 6.45) is 0. The van der Waals surface area contributed by atoms with Crippen molar-refractivity contribution >= 4 is 5.91 Å². The molecule has 11 heavy (non-hydrogen) atoms. The normalized spacial score (nSPS) is 7.45. The third-order valence-corrected chi connectivity index (χ3v) is 1.14. The Morgan fingerprint density at radius 1 is 1.45 bits per heavy atom. The Bertz CT molecular complexity index is 252. The van der Waals surface area contributed by atoms with Crippen molar-refractivity contribution < 1.29 is 4.79 Å². The number of amides is 1. The van der Waals surface area contributed by atoms with Gasteiger partial charge < -0.3 is 5.32 Å². The zero-order chi connectivity index (χ0) is 8.85. The Kier molecular flexibility index (Phi) is 3.76. The van der Waals surface area contributed by atoms with Gasteiger partial charge in [0.25, 0.3) is 5.91 Å². The van der Waals surface area contributed by atoms with Gasteiger partial charge in [-0.15, -0.1) is 5.92 Å². The number of nitrogens with one attached hydrogen (secondary N) is 1. The van der Waals surface area contributed by atoms with Crippen LogP contribution in [0.2, 0.25) is 0 Å². The maximum absolute atomic E-state index is 10.9. The maximum atomic E-state index is 10.9. The predicted octanol–water partition coefficient (Wildman–Crippen LogP) is 0.868. The smallest absolute Gasteiger partial charge is 0.251 e. The molecule has 0 aliphatic carbocycles. The van der Waals surface area contributed by atoms with E-state index in [-0.39, 0.29) is 5.91 Å². The van der Waals surface area contributed by atoms with Crippen molar-refractivity contribution in [3.8, 4) is 11.8 Å². The fourth-order valence-corrected chi connectivity index (χ4v) is 0.514. The molecular formula is C9H11NO. The van der Waals surface area contributed by atoms with Crippen LogP contribution in [0.15, 0.2) is 24.3 Å². The molecule has 0 radical (unpaired) electrons. The van der Waals surface area contributed by atoms with E-state index in [0.29, 0.717) is 11.1 Å². The van der Waals surface area contributed by atoms with Crippen molar-refractivity contribution in [2.45, 2.75) is 6.92 Å². The van der Waals surface area contributed by atoms with Crippen molar-refractivity contribution in [2.75, 3.05) is 7.05 Å². The Labute approximate surface area is 67.0 Å². The second-order valence-corrected chi connectivity index (χ2v) is 1.91. The first kappa shape index (κ1) is 9.51. The minimum absolute atomic E-state index is 0.238. The van der Waals surface area contributed by atoms with Crippen LogP contribution in [0, 0.1) is 11.8 Å². The Morgan fingerprint density at radius 3 is 2.36 bits per heavy atom. The molecule has 0 heterocycles. The van der Waals surface area contributed by atoms with Crippen molar-refractivity contribution in [2.24, 2.45) is 0 Å². The highest BCUT2D eigenvalue weighted by Crippen LogP contribution is 2.02. The summed E-state index contributed by atoms with van der Waals surface area (Å²) in [7, 11) is 1.54. The van der Waals surface area contributed by atoms with E-state index in [2.05, 4.69) is 30.3 Å². The van der Waals surface area contributed by atoms with E-state index in [4.69, 9.17) is 0 Å². The first-order valence-corrected chi connectivity index (χ1v) is 3.16. The summed E-state index contributed by atoms with van der Waals surface area (Å²) in [6, 6.07) is 0. The van der Waals surface area contributed by atoms with Crippen molar-refractivity contribution in [1.29, 1.82) is 0 Å². The molecule has 0 aliphatic heterocycles. The summed E-state index contributed by atoms with van der Waals surface area (Å²) in [5.74, 6) is 5.05. The zero-order valence-corrected chi connectivity index (χ0v) is 6.82. The third kappa shape index (κ3) is 2.72. The summed E-state index contributed by atoms with van der Waals surface area (Å²) in [5.41, 5.74) is 0.786. The van der Waals surface area contributed by atoms with Crippen LogP contribution >= 0.6 is 0 Å². The number of hydrogen-bond donors (Lipinski definition) is 1. The minimum atomic E-state index is -0.238. The fraction of sp³-hybridized carbons (Fsp3) is 0.222. The lowest BCUT2D eigenvalue weighted by atomic mass is 10.1. The van der Waals surface area contributed by atoms with Crippen LogP contribution in [0.1, 0.15) is 6.92 Å². The molecule has 0 saturated carbocycles. The summed E-state index contributed by atoms with van der Waals surface area (Å²) in [6.45, 7) is 8.79. The summed E-state index contributed by atoms with van der Waals surface area (Å²) in [4.78, 5) is 10.9. The highest BCUT2D eigenvalue weighted by atomic mass is 16.1. The first-order valence-electron chi connectivity index (χ1n) is 3.16. The van der Waals surface area contributed by atoms with Gasteiger partial charge in [0, 0.05) is 18.2 Å². The van der Waals surface area contributed by atoms with Gasteiger partial charge in [0.05, 0.1) is 0 Å². The topological polar surface area (TPSA) is 29.1 Å². The second-order valence-electron chi connectivity index (χ2n) is 1.91. The van der Waals surface area contributed by atoms with Gasteiger partial charge in [-0.25, -0.2) is 0 Å². The van der Waals surface area contributed by atoms with E-state index in [0.717, 1.165) is 0 Å². The van der Waals surface area contributed by atoms with E-state index in [1.165, 1.54) is 0 Å². The lowest BCUT2D eigenvalue weighted by molar-refractivity contribution is -0.116. The monoisotopic (exact) mass is 149 g/mol. The molecule has 0 spiro atoms. The largest absolute Gasteiger partial charge is 0.355 e. The molecule has 2 heteroatoms. The van der Waals surface area contributed by atoms with Crippen molar-refractivity contribution in [1.82, 2.24) is 5.32 Å². The van der Waals surface area contributed by atoms with Gasteiger partial charge in [-0.3, -0.25) is 4.79 Å². The van der Waals surface area contributed by atoms with E-state index in [1.54, 1.807) is 14.0 Å².